The summed E-state index contributed by atoms with van der Waals surface area (Å²) in [6, 6.07) is 4.51. The van der Waals surface area contributed by atoms with Gasteiger partial charge in [-0.3, -0.25) is 0 Å². The van der Waals surface area contributed by atoms with Crippen LogP contribution in [0.3, 0.4) is 0 Å². The van der Waals surface area contributed by atoms with E-state index < -0.39 is 15.8 Å². The zero-order valence-electron chi connectivity index (χ0n) is 10.9. The van der Waals surface area contributed by atoms with Gasteiger partial charge in [0.1, 0.15) is 10.7 Å². The number of halogens is 1. The number of aromatic nitrogens is 1. The van der Waals surface area contributed by atoms with E-state index >= 15 is 0 Å². The van der Waals surface area contributed by atoms with Gasteiger partial charge in [0.15, 0.2) is 0 Å². The van der Waals surface area contributed by atoms with Gasteiger partial charge in [0.25, 0.3) is 0 Å². The molecule has 1 aromatic heterocycles. The Labute approximate surface area is 112 Å². The maximum atomic E-state index is 13.9. The summed E-state index contributed by atoms with van der Waals surface area (Å²) in [5.41, 5.74) is 0.560. The number of primary sulfonamides is 1. The predicted octanol–water partition coefficient (Wildman–Crippen LogP) is 2.47. The first-order valence-corrected chi connectivity index (χ1v) is 7.69. The van der Waals surface area contributed by atoms with Gasteiger partial charge < -0.3 is 4.57 Å². The third-order valence-electron chi connectivity index (χ3n) is 3.33. The molecule has 0 amide bonds. The van der Waals surface area contributed by atoms with Crippen LogP contribution in [0, 0.1) is 11.7 Å². The first-order valence-electron chi connectivity index (χ1n) is 6.14. The molecule has 19 heavy (non-hydrogen) atoms. The summed E-state index contributed by atoms with van der Waals surface area (Å²) in [6.45, 7) is 4.74. The van der Waals surface area contributed by atoms with Crippen LogP contribution in [-0.4, -0.2) is 13.0 Å². The van der Waals surface area contributed by atoms with E-state index in [-0.39, 0.29) is 10.3 Å². The van der Waals surface area contributed by atoms with Crippen molar-refractivity contribution in [2.45, 2.75) is 31.7 Å². The van der Waals surface area contributed by atoms with Crippen LogP contribution in [0.1, 0.15) is 20.3 Å². The number of benzene rings is 1. The maximum Gasteiger partial charge on any atom is 0.240 e. The van der Waals surface area contributed by atoms with Crippen molar-refractivity contribution < 1.29 is 12.8 Å². The summed E-state index contributed by atoms with van der Waals surface area (Å²) < 4.78 is 38.8. The van der Waals surface area contributed by atoms with E-state index in [1.165, 1.54) is 12.3 Å². The van der Waals surface area contributed by atoms with E-state index in [0.717, 1.165) is 6.42 Å². The van der Waals surface area contributed by atoms with Crippen LogP contribution >= 0.6 is 0 Å². The minimum atomic E-state index is -3.93. The molecule has 0 aliphatic rings. The number of fused-ring (bicyclic) bond motifs is 1. The SMILES string of the molecule is CCC(C)Cn1cc(S(N)(=O)=O)c2c(F)cccc21. The topological polar surface area (TPSA) is 65.1 Å². The van der Waals surface area contributed by atoms with E-state index in [1.807, 2.05) is 0 Å². The summed E-state index contributed by atoms with van der Waals surface area (Å²) in [4.78, 5) is -0.149. The lowest BCUT2D eigenvalue weighted by Crippen LogP contribution is -2.12. The summed E-state index contributed by atoms with van der Waals surface area (Å²) in [5, 5.41) is 5.24. The zero-order valence-corrected chi connectivity index (χ0v) is 11.7. The van der Waals surface area contributed by atoms with Gasteiger partial charge in [-0.05, 0) is 18.1 Å². The Hall–Kier alpha value is -1.40. The number of sulfonamides is 1. The van der Waals surface area contributed by atoms with E-state index in [2.05, 4.69) is 13.8 Å². The number of nitrogens with zero attached hydrogens (tertiary/aromatic N) is 1. The molecule has 0 spiro atoms. The molecule has 0 aliphatic heterocycles. The van der Waals surface area contributed by atoms with Crippen LogP contribution in [0.5, 0.6) is 0 Å². The molecule has 0 saturated carbocycles. The van der Waals surface area contributed by atoms with Gasteiger partial charge in [0.05, 0.1) is 10.9 Å². The molecule has 1 atom stereocenters. The molecule has 0 bridgehead atoms. The molecular weight excluding hydrogens is 267 g/mol. The van der Waals surface area contributed by atoms with Crippen molar-refractivity contribution in [3.05, 3.63) is 30.2 Å². The third-order valence-corrected chi connectivity index (χ3v) is 4.25. The van der Waals surface area contributed by atoms with Gasteiger partial charge in [0.2, 0.25) is 10.0 Å². The molecule has 0 fully saturated rings. The number of hydrogen-bond donors (Lipinski definition) is 1. The summed E-state index contributed by atoms with van der Waals surface area (Å²) in [6.07, 6.45) is 2.38. The fourth-order valence-corrected chi connectivity index (χ4v) is 2.86. The highest BCUT2D eigenvalue weighted by atomic mass is 32.2. The average molecular weight is 284 g/mol. The summed E-state index contributed by atoms with van der Waals surface area (Å²) in [7, 11) is -3.93. The fourth-order valence-electron chi connectivity index (χ4n) is 2.10. The molecule has 1 aromatic carbocycles. The van der Waals surface area contributed by atoms with Crippen molar-refractivity contribution in [1.29, 1.82) is 0 Å². The van der Waals surface area contributed by atoms with Crippen LogP contribution < -0.4 is 5.14 Å². The van der Waals surface area contributed by atoms with Crippen molar-refractivity contribution >= 4 is 20.9 Å². The lowest BCUT2D eigenvalue weighted by atomic mass is 10.1. The minimum absolute atomic E-state index is 0.0771. The quantitative estimate of drug-likeness (QED) is 0.937. The molecule has 2 rings (SSSR count). The van der Waals surface area contributed by atoms with Gasteiger partial charge in [-0.25, -0.2) is 17.9 Å². The largest absolute Gasteiger partial charge is 0.346 e. The molecule has 6 heteroatoms. The number of nitrogens with two attached hydrogens (primary N) is 1. The van der Waals surface area contributed by atoms with Gasteiger partial charge in [-0.15, -0.1) is 0 Å². The molecular formula is C13H17FN2O2S. The van der Waals surface area contributed by atoms with Crippen LogP contribution in [-0.2, 0) is 16.6 Å². The van der Waals surface area contributed by atoms with E-state index in [1.54, 1.807) is 16.7 Å². The Morgan fingerprint density at radius 3 is 2.68 bits per heavy atom. The molecule has 2 aromatic rings. The Balaban J connectivity index is 2.71. The summed E-state index contributed by atoms with van der Waals surface area (Å²) >= 11 is 0. The monoisotopic (exact) mass is 284 g/mol. The predicted molar refractivity (Wildman–Crippen MR) is 72.7 cm³/mol. The zero-order chi connectivity index (χ0) is 14.2. The Morgan fingerprint density at radius 2 is 2.11 bits per heavy atom. The minimum Gasteiger partial charge on any atom is -0.346 e. The van der Waals surface area contributed by atoms with Crippen molar-refractivity contribution in [3.63, 3.8) is 0 Å². The van der Waals surface area contributed by atoms with Gasteiger partial charge >= 0.3 is 0 Å². The second-order valence-corrected chi connectivity index (χ2v) is 6.37. The van der Waals surface area contributed by atoms with E-state index in [4.69, 9.17) is 5.14 Å². The second kappa shape index (κ2) is 4.94. The first-order chi connectivity index (χ1) is 8.84. The van der Waals surface area contributed by atoms with E-state index in [9.17, 15) is 12.8 Å². The smallest absolute Gasteiger partial charge is 0.240 e. The highest BCUT2D eigenvalue weighted by molar-refractivity contribution is 7.89. The standard InChI is InChI=1S/C13H17FN2O2S/c1-3-9(2)7-16-8-12(19(15,17)18)13-10(14)5-4-6-11(13)16/h4-6,8-9H,3,7H2,1-2H3,(H2,15,17,18). The third kappa shape index (κ3) is 2.64. The normalized spacial score (nSPS) is 13.9. The molecule has 1 heterocycles. The molecule has 2 N–H and O–H groups in total. The Bertz CT molecular complexity index is 707. The lowest BCUT2D eigenvalue weighted by Gasteiger charge is -2.10. The molecule has 104 valence electrons. The molecule has 4 nitrogen and oxygen atoms in total. The van der Waals surface area contributed by atoms with Gasteiger partial charge in [-0.1, -0.05) is 26.3 Å². The Kier molecular flexibility index (Phi) is 3.64. The highest BCUT2D eigenvalue weighted by Crippen LogP contribution is 2.28. The molecule has 1 unspecified atom stereocenters. The Morgan fingerprint density at radius 1 is 1.42 bits per heavy atom. The number of hydrogen-bond acceptors (Lipinski definition) is 2. The fraction of sp³-hybridized carbons (Fsp3) is 0.385. The van der Waals surface area contributed by atoms with Crippen molar-refractivity contribution in [1.82, 2.24) is 4.57 Å². The van der Waals surface area contributed by atoms with Crippen LogP contribution in [0.4, 0.5) is 4.39 Å². The molecule has 0 aliphatic carbocycles. The van der Waals surface area contributed by atoms with Crippen LogP contribution in [0.2, 0.25) is 0 Å². The van der Waals surface area contributed by atoms with Crippen molar-refractivity contribution in [2.24, 2.45) is 11.1 Å². The van der Waals surface area contributed by atoms with Crippen LogP contribution in [0.15, 0.2) is 29.3 Å². The van der Waals surface area contributed by atoms with E-state index in [0.29, 0.717) is 18.0 Å². The van der Waals surface area contributed by atoms with Gasteiger partial charge in [-0.2, -0.15) is 0 Å². The average Bonchev–Trinajstić information content (AvgIpc) is 2.69. The van der Waals surface area contributed by atoms with Gasteiger partial charge in [0, 0.05) is 12.7 Å². The number of rotatable bonds is 4. The second-order valence-electron chi connectivity index (χ2n) is 4.84. The lowest BCUT2D eigenvalue weighted by molar-refractivity contribution is 0.476. The highest BCUT2D eigenvalue weighted by Gasteiger charge is 2.20. The molecule has 0 radical (unpaired) electrons. The van der Waals surface area contributed by atoms with Crippen molar-refractivity contribution in [2.75, 3.05) is 0 Å². The van der Waals surface area contributed by atoms with Crippen LogP contribution in [0.25, 0.3) is 10.9 Å². The van der Waals surface area contributed by atoms with Crippen molar-refractivity contribution in [3.8, 4) is 0 Å². The first kappa shape index (κ1) is 14.0. The molecule has 0 saturated heterocycles. The maximum absolute atomic E-state index is 13.9. The summed E-state index contributed by atoms with van der Waals surface area (Å²) in [5.74, 6) is -0.198.